The van der Waals surface area contributed by atoms with Gasteiger partial charge in [-0.1, -0.05) is 6.92 Å². The number of sulfonamides is 1. The van der Waals surface area contributed by atoms with E-state index in [-0.39, 0.29) is 17.3 Å². The zero-order valence-electron chi connectivity index (χ0n) is 11.8. The first-order valence-electron chi connectivity index (χ1n) is 6.44. The summed E-state index contributed by atoms with van der Waals surface area (Å²) in [6.45, 7) is 2.83. The molecule has 0 aliphatic rings. The van der Waals surface area contributed by atoms with Crippen LogP contribution in [0.4, 0.5) is 10.2 Å². The maximum atomic E-state index is 13.6. The van der Waals surface area contributed by atoms with Crippen molar-refractivity contribution in [3.05, 3.63) is 41.8 Å². The van der Waals surface area contributed by atoms with Crippen LogP contribution in [-0.2, 0) is 23.6 Å². The molecule has 6 nitrogen and oxygen atoms in total. The van der Waals surface area contributed by atoms with Crippen LogP contribution in [0, 0.1) is 5.82 Å². The fourth-order valence-corrected chi connectivity index (χ4v) is 2.83. The molecule has 0 amide bonds. The minimum Gasteiger partial charge on any atom is -0.313 e. The third-order valence-corrected chi connectivity index (χ3v) is 4.20. The van der Waals surface area contributed by atoms with E-state index in [1.807, 2.05) is 6.92 Å². The molecule has 1 aromatic carbocycles. The van der Waals surface area contributed by atoms with Gasteiger partial charge in [0.2, 0.25) is 0 Å². The zero-order chi connectivity index (χ0) is 15.5. The largest absolute Gasteiger partial charge is 0.313 e. The van der Waals surface area contributed by atoms with Crippen molar-refractivity contribution in [2.24, 2.45) is 7.05 Å². The number of halogens is 1. The van der Waals surface area contributed by atoms with Gasteiger partial charge >= 0.3 is 0 Å². The Morgan fingerprint density at radius 3 is 2.71 bits per heavy atom. The lowest BCUT2D eigenvalue weighted by Gasteiger charge is -2.09. The smallest absolute Gasteiger partial charge is 0.263 e. The van der Waals surface area contributed by atoms with Crippen LogP contribution in [0.1, 0.15) is 12.5 Å². The van der Waals surface area contributed by atoms with Gasteiger partial charge in [0, 0.05) is 31.4 Å². The molecule has 0 saturated carbocycles. The van der Waals surface area contributed by atoms with Gasteiger partial charge in [0.15, 0.2) is 5.82 Å². The molecule has 1 aromatic heterocycles. The van der Waals surface area contributed by atoms with E-state index < -0.39 is 15.8 Å². The standard InChI is InChI=1S/C13H17FN4O2S/c1-3-15-9-10-8-11(4-5-12(10)14)21(19,20)17-13-6-7-18(2)16-13/h4-8,15H,3,9H2,1-2H3,(H,16,17). The molecule has 0 bridgehead atoms. The first kappa shape index (κ1) is 15.5. The molecule has 2 N–H and O–H groups in total. The second-order valence-corrected chi connectivity index (χ2v) is 6.20. The summed E-state index contributed by atoms with van der Waals surface area (Å²) in [4.78, 5) is 0.00227. The summed E-state index contributed by atoms with van der Waals surface area (Å²) in [6.07, 6.45) is 1.62. The van der Waals surface area contributed by atoms with Crippen LogP contribution < -0.4 is 10.0 Å². The van der Waals surface area contributed by atoms with Crippen LogP contribution in [0.5, 0.6) is 0 Å². The van der Waals surface area contributed by atoms with Crippen LogP contribution in [0.3, 0.4) is 0 Å². The SMILES string of the molecule is CCNCc1cc(S(=O)(=O)Nc2ccn(C)n2)ccc1F. The molecule has 0 fully saturated rings. The number of nitrogens with zero attached hydrogens (tertiary/aromatic N) is 2. The molecule has 0 aliphatic heterocycles. The third kappa shape index (κ3) is 3.79. The number of aromatic nitrogens is 2. The van der Waals surface area contributed by atoms with Gasteiger partial charge in [0.05, 0.1) is 4.90 Å². The van der Waals surface area contributed by atoms with Gasteiger partial charge in [0.1, 0.15) is 5.82 Å². The monoisotopic (exact) mass is 312 g/mol. The summed E-state index contributed by atoms with van der Waals surface area (Å²) in [5.74, 6) is -0.220. The highest BCUT2D eigenvalue weighted by atomic mass is 32.2. The lowest BCUT2D eigenvalue weighted by molar-refractivity contribution is 0.586. The second kappa shape index (κ2) is 6.23. The van der Waals surface area contributed by atoms with Crippen molar-refractivity contribution < 1.29 is 12.8 Å². The molecule has 21 heavy (non-hydrogen) atoms. The van der Waals surface area contributed by atoms with E-state index in [4.69, 9.17) is 0 Å². The molecular formula is C13H17FN4O2S. The summed E-state index contributed by atoms with van der Waals surface area (Å²) >= 11 is 0. The van der Waals surface area contributed by atoms with E-state index in [1.54, 1.807) is 19.3 Å². The highest BCUT2D eigenvalue weighted by Gasteiger charge is 2.17. The number of nitrogens with one attached hydrogen (secondary N) is 2. The van der Waals surface area contributed by atoms with Crippen molar-refractivity contribution in [3.63, 3.8) is 0 Å². The van der Waals surface area contributed by atoms with Crippen molar-refractivity contribution in [2.75, 3.05) is 11.3 Å². The van der Waals surface area contributed by atoms with Crippen LogP contribution in [0.15, 0.2) is 35.4 Å². The topological polar surface area (TPSA) is 76.0 Å². The van der Waals surface area contributed by atoms with Gasteiger partial charge in [-0.25, -0.2) is 12.8 Å². The number of rotatable bonds is 6. The van der Waals surface area contributed by atoms with Gasteiger partial charge < -0.3 is 5.32 Å². The highest BCUT2D eigenvalue weighted by molar-refractivity contribution is 7.92. The van der Waals surface area contributed by atoms with Crippen molar-refractivity contribution in [1.29, 1.82) is 0 Å². The maximum Gasteiger partial charge on any atom is 0.263 e. The van der Waals surface area contributed by atoms with Crippen LogP contribution >= 0.6 is 0 Å². The summed E-state index contributed by atoms with van der Waals surface area (Å²) in [6, 6.07) is 5.25. The predicted octanol–water partition coefficient (Wildman–Crippen LogP) is 1.47. The van der Waals surface area contributed by atoms with Crippen LogP contribution in [0.2, 0.25) is 0 Å². The second-order valence-electron chi connectivity index (χ2n) is 4.51. The summed E-state index contributed by atoms with van der Waals surface area (Å²) < 4.78 is 42.0. The van der Waals surface area contributed by atoms with Crippen molar-refractivity contribution in [2.45, 2.75) is 18.4 Å². The molecule has 0 spiro atoms. The number of aryl methyl sites for hydroxylation is 1. The van der Waals surface area contributed by atoms with Crippen LogP contribution in [0.25, 0.3) is 0 Å². The summed E-state index contributed by atoms with van der Waals surface area (Å²) in [7, 11) is -2.10. The average Bonchev–Trinajstić information content (AvgIpc) is 2.82. The molecule has 0 aliphatic carbocycles. The molecular weight excluding hydrogens is 295 g/mol. The molecule has 2 rings (SSSR count). The van der Waals surface area contributed by atoms with Crippen molar-refractivity contribution >= 4 is 15.8 Å². The van der Waals surface area contributed by atoms with Gasteiger partial charge in [-0.3, -0.25) is 9.40 Å². The number of hydrogen-bond donors (Lipinski definition) is 2. The summed E-state index contributed by atoms with van der Waals surface area (Å²) in [5, 5.41) is 6.92. The van der Waals surface area contributed by atoms with Crippen LogP contribution in [-0.4, -0.2) is 24.7 Å². The zero-order valence-corrected chi connectivity index (χ0v) is 12.6. The van der Waals surface area contributed by atoms with E-state index in [0.717, 1.165) is 6.07 Å². The van der Waals surface area contributed by atoms with Gasteiger partial charge in [-0.15, -0.1) is 0 Å². The Balaban J connectivity index is 2.27. The quantitative estimate of drug-likeness (QED) is 0.847. The average molecular weight is 312 g/mol. The van der Waals surface area contributed by atoms with E-state index >= 15 is 0 Å². The van der Waals surface area contributed by atoms with E-state index in [1.165, 1.54) is 16.8 Å². The minimum atomic E-state index is -3.78. The molecule has 1 heterocycles. The Kier molecular flexibility index (Phi) is 4.59. The Labute approximate surface area is 123 Å². The van der Waals surface area contributed by atoms with E-state index in [2.05, 4.69) is 15.1 Å². The molecule has 0 saturated heterocycles. The normalized spacial score (nSPS) is 11.6. The Morgan fingerprint density at radius 1 is 1.33 bits per heavy atom. The molecule has 8 heteroatoms. The molecule has 114 valence electrons. The highest BCUT2D eigenvalue weighted by Crippen LogP contribution is 2.18. The Hall–Kier alpha value is -1.93. The predicted molar refractivity (Wildman–Crippen MR) is 77.8 cm³/mol. The van der Waals surface area contributed by atoms with Gasteiger partial charge in [-0.2, -0.15) is 5.10 Å². The molecule has 0 radical (unpaired) electrons. The molecule has 2 aromatic rings. The maximum absolute atomic E-state index is 13.6. The number of hydrogen-bond acceptors (Lipinski definition) is 4. The molecule has 0 unspecified atom stereocenters. The Bertz CT molecular complexity index is 728. The van der Waals surface area contributed by atoms with E-state index in [0.29, 0.717) is 12.1 Å². The molecule has 0 atom stereocenters. The minimum absolute atomic E-state index is 0.00227. The Morgan fingerprint density at radius 2 is 2.10 bits per heavy atom. The fourth-order valence-electron chi connectivity index (χ4n) is 1.78. The third-order valence-electron chi connectivity index (χ3n) is 2.85. The van der Waals surface area contributed by atoms with Gasteiger partial charge in [-0.05, 0) is 24.7 Å². The first-order valence-corrected chi connectivity index (χ1v) is 7.92. The van der Waals surface area contributed by atoms with Crippen molar-refractivity contribution in [3.8, 4) is 0 Å². The number of benzene rings is 1. The van der Waals surface area contributed by atoms with Gasteiger partial charge in [0.25, 0.3) is 10.0 Å². The van der Waals surface area contributed by atoms with Crippen molar-refractivity contribution in [1.82, 2.24) is 15.1 Å². The van der Waals surface area contributed by atoms with E-state index in [9.17, 15) is 12.8 Å². The lowest BCUT2D eigenvalue weighted by Crippen LogP contribution is -2.16. The summed E-state index contributed by atoms with van der Waals surface area (Å²) in [5.41, 5.74) is 0.306. The first-order chi connectivity index (χ1) is 9.92. The fraction of sp³-hybridized carbons (Fsp3) is 0.308. The lowest BCUT2D eigenvalue weighted by atomic mass is 10.2. The number of anilines is 1.